The van der Waals surface area contributed by atoms with Crippen LogP contribution in [0.1, 0.15) is 24.8 Å². The van der Waals surface area contributed by atoms with Gasteiger partial charge in [-0.25, -0.2) is 0 Å². The molecule has 0 radical (unpaired) electrons. The number of piperidine rings is 1. The lowest BCUT2D eigenvalue weighted by atomic mass is 9.93. The molecule has 7 heteroatoms. The highest BCUT2D eigenvalue weighted by Gasteiger charge is 2.33. The van der Waals surface area contributed by atoms with Crippen LogP contribution in [0.4, 0.5) is 24.5 Å². The molecule has 0 spiro atoms. The van der Waals surface area contributed by atoms with Crippen LogP contribution in [-0.2, 0) is 11.0 Å². The summed E-state index contributed by atoms with van der Waals surface area (Å²) in [6, 6.07) is 3.90. The van der Waals surface area contributed by atoms with Crippen LogP contribution >= 0.6 is 0 Å². The van der Waals surface area contributed by atoms with Crippen LogP contribution in [0.2, 0.25) is 0 Å². The molecule has 1 aromatic rings. The van der Waals surface area contributed by atoms with Crippen molar-refractivity contribution < 1.29 is 23.1 Å². The lowest BCUT2D eigenvalue weighted by molar-refractivity contribution is -0.138. The van der Waals surface area contributed by atoms with Gasteiger partial charge in [-0.2, -0.15) is 13.2 Å². The first-order chi connectivity index (χ1) is 9.77. The lowest BCUT2D eigenvalue weighted by Gasteiger charge is -2.33. The maximum absolute atomic E-state index is 12.8. The summed E-state index contributed by atoms with van der Waals surface area (Å²) in [6.45, 7) is 1.11. The highest BCUT2D eigenvalue weighted by molar-refractivity contribution is 5.67. The quantitative estimate of drug-likeness (QED) is 0.842. The van der Waals surface area contributed by atoms with Crippen molar-refractivity contribution in [1.29, 1.82) is 0 Å². The number of benzene rings is 1. The van der Waals surface area contributed by atoms with E-state index in [4.69, 9.17) is 10.8 Å². The molecule has 2 rings (SSSR count). The van der Waals surface area contributed by atoms with Gasteiger partial charge in [-0.15, -0.1) is 0 Å². The Bertz CT molecular complexity index is 523. The zero-order valence-electron chi connectivity index (χ0n) is 11.4. The van der Waals surface area contributed by atoms with Gasteiger partial charge in [-0.05, 0) is 37.0 Å². The summed E-state index contributed by atoms with van der Waals surface area (Å²) >= 11 is 0. The largest absolute Gasteiger partial charge is 0.481 e. The molecule has 0 bridgehead atoms. The molecule has 1 aliphatic heterocycles. The Morgan fingerprint density at radius 1 is 1.33 bits per heavy atom. The van der Waals surface area contributed by atoms with Crippen molar-refractivity contribution in [3.8, 4) is 0 Å². The topological polar surface area (TPSA) is 66.6 Å². The van der Waals surface area contributed by atoms with Gasteiger partial charge in [0.1, 0.15) is 0 Å². The second-order valence-corrected chi connectivity index (χ2v) is 5.30. The van der Waals surface area contributed by atoms with Gasteiger partial charge in [0.25, 0.3) is 0 Å². The Kier molecular flexibility index (Phi) is 4.29. The minimum atomic E-state index is -4.47. The van der Waals surface area contributed by atoms with Crippen molar-refractivity contribution in [3.63, 3.8) is 0 Å². The third kappa shape index (κ3) is 3.80. The van der Waals surface area contributed by atoms with Crippen LogP contribution in [0.3, 0.4) is 0 Å². The smallest absolute Gasteiger partial charge is 0.418 e. The Labute approximate surface area is 120 Å². The molecule has 0 atom stereocenters. The number of nitrogens with two attached hydrogens (primary N) is 1. The number of halogens is 3. The summed E-state index contributed by atoms with van der Waals surface area (Å²) in [5.74, 6) is -0.741. The van der Waals surface area contributed by atoms with Crippen molar-refractivity contribution in [1.82, 2.24) is 0 Å². The van der Waals surface area contributed by atoms with E-state index in [9.17, 15) is 18.0 Å². The Balaban J connectivity index is 2.09. The first-order valence-electron chi connectivity index (χ1n) is 6.71. The SMILES string of the molecule is Nc1ccc(N2CCC(CC(=O)O)CC2)cc1C(F)(F)F. The minimum absolute atomic E-state index is 0.0922. The number of nitrogens with zero attached hydrogens (tertiary/aromatic N) is 1. The fourth-order valence-corrected chi connectivity index (χ4v) is 2.63. The van der Waals surface area contributed by atoms with Crippen molar-refractivity contribution in [3.05, 3.63) is 23.8 Å². The van der Waals surface area contributed by atoms with E-state index >= 15 is 0 Å². The number of carbonyl (C=O) groups is 1. The summed E-state index contributed by atoms with van der Waals surface area (Å²) in [6.07, 6.45) is -3.03. The molecule has 1 fully saturated rings. The van der Waals surface area contributed by atoms with Crippen LogP contribution in [0.5, 0.6) is 0 Å². The van der Waals surface area contributed by atoms with Crippen molar-refractivity contribution in [2.75, 3.05) is 23.7 Å². The standard InChI is InChI=1S/C14H17F3N2O2/c15-14(16,17)11-8-10(1-2-12(11)18)19-5-3-9(4-6-19)7-13(20)21/h1-2,8-9H,3-7,18H2,(H,20,21). The van der Waals surface area contributed by atoms with E-state index in [1.165, 1.54) is 6.07 Å². The number of rotatable bonds is 3. The summed E-state index contributed by atoms with van der Waals surface area (Å²) in [7, 11) is 0. The molecule has 1 aliphatic rings. The number of alkyl halides is 3. The molecule has 3 N–H and O–H groups in total. The fraction of sp³-hybridized carbons (Fsp3) is 0.500. The number of nitrogen functional groups attached to an aromatic ring is 1. The molecule has 21 heavy (non-hydrogen) atoms. The van der Waals surface area contributed by atoms with Gasteiger partial charge in [0, 0.05) is 30.9 Å². The van der Waals surface area contributed by atoms with Crippen molar-refractivity contribution in [2.24, 2.45) is 5.92 Å². The number of anilines is 2. The number of aliphatic carboxylic acids is 1. The van der Waals surface area contributed by atoms with Gasteiger partial charge in [0.15, 0.2) is 0 Å². The van der Waals surface area contributed by atoms with Gasteiger partial charge in [-0.3, -0.25) is 4.79 Å². The number of hydrogen-bond donors (Lipinski definition) is 2. The summed E-state index contributed by atoms with van der Waals surface area (Å²) < 4.78 is 38.5. The van der Waals surface area contributed by atoms with Gasteiger partial charge < -0.3 is 15.7 Å². The normalized spacial score (nSPS) is 17.0. The second-order valence-electron chi connectivity index (χ2n) is 5.30. The molecule has 0 saturated carbocycles. The zero-order chi connectivity index (χ0) is 15.6. The van der Waals surface area contributed by atoms with Gasteiger partial charge >= 0.3 is 12.1 Å². The summed E-state index contributed by atoms with van der Waals surface area (Å²) in [4.78, 5) is 12.5. The Morgan fingerprint density at radius 2 is 1.95 bits per heavy atom. The van der Waals surface area contributed by atoms with Gasteiger partial charge in [-0.1, -0.05) is 0 Å². The van der Waals surface area contributed by atoms with E-state index in [0.29, 0.717) is 31.6 Å². The molecule has 4 nitrogen and oxygen atoms in total. The van der Waals surface area contributed by atoms with Crippen LogP contribution in [0.25, 0.3) is 0 Å². The monoisotopic (exact) mass is 302 g/mol. The predicted octanol–water partition coefficient (Wildman–Crippen LogP) is 2.98. The molecular weight excluding hydrogens is 285 g/mol. The molecular formula is C14H17F3N2O2. The van der Waals surface area contributed by atoms with Crippen molar-refractivity contribution >= 4 is 17.3 Å². The molecule has 0 amide bonds. The lowest BCUT2D eigenvalue weighted by Crippen LogP contribution is -2.34. The molecule has 1 heterocycles. The van der Waals surface area contributed by atoms with Crippen LogP contribution < -0.4 is 10.6 Å². The Morgan fingerprint density at radius 3 is 2.48 bits per heavy atom. The van der Waals surface area contributed by atoms with Gasteiger partial charge in [0.05, 0.1) is 5.56 Å². The van der Waals surface area contributed by atoms with E-state index in [1.54, 1.807) is 6.07 Å². The first kappa shape index (κ1) is 15.5. The zero-order valence-corrected chi connectivity index (χ0v) is 11.4. The van der Waals surface area contributed by atoms with Crippen molar-refractivity contribution in [2.45, 2.75) is 25.4 Å². The Hall–Kier alpha value is -1.92. The van der Waals surface area contributed by atoms with E-state index in [-0.39, 0.29) is 18.0 Å². The van der Waals surface area contributed by atoms with Crippen LogP contribution in [0.15, 0.2) is 18.2 Å². The molecule has 116 valence electrons. The fourth-order valence-electron chi connectivity index (χ4n) is 2.63. The van der Waals surface area contributed by atoms with Gasteiger partial charge in [0.2, 0.25) is 0 Å². The number of hydrogen-bond acceptors (Lipinski definition) is 3. The highest BCUT2D eigenvalue weighted by atomic mass is 19.4. The molecule has 0 aromatic heterocycles. The highest BCUT2D eigenvalue weighted by Crippen LogP contribution is 2.36. The number of carboxylic acid groups (broad SMARTS) is 1. The third-order valence-corrected chi connectivity index (χ3v) is 3.79. The van der Waals surface area contributed by atoms with E-state index < -0.39 is 17.7 Å². The minimum Gasteiger partial charge on any atom is -0.481 e. The molecule has 1 saturated heterocycles. The second kappa shape index (κ2) is 5.83. The number of carboxylic acids is 1. The maximum atomic E-state index is 12.8. The predicted molar refractivity (Wildman–Crippen MR) is 73.0 cm³/mol. The summed E-state index contributed by atoms with van der Waals surface area (Å²) in [5, 5.41) is 8.75. The molecule has 0 aliphatic carbocycles. The average molecular weight is 302 g/mol. The molecule has 1 aromatic carbocycles. The summed E-state index contributed by atoms with van der Waals surface area (Å²) in [5.41, 5.74) is 4.74. The average Bonchev–Trinajstić information content (AvgIpc) is 2.38. The maximum Gasteiger partial charge on any atom is 0.418 e. The first-order valence-corrected chi connectivity index (χ1v) is 6.71. The van der Waals surface area contributed by atoms with E-state index in [0.717, 1.165) is 6.07 Å². The van der Waals surface area contributed by atoms with E-state index in [1.807, 2.05) is 4.90 Å². The van der Waals surface area contributed by atoms with E-state index in [2.05, 4.69) is 0 Å². The third-order valence-electron chi connectivity index (χ3n) is 3.79. The molecule has 0 unspecified atom stereocenters. The van der Waals surface area contributed by atoms with Crippen LogP contribution in [0, 0.1) is 5.92 Å². The van der Waals surface area contributed by atoms with Crippen LogP contribution in [-0.4, -0.2) is 24.2 Å².